The van der Waals surface area contributed by atoms with E-state index in [4.69, 9.17) is 15.3 Å². The lowest BCUT2D eigenvalue weighted by Crippen LogP contribution is -2.05. The number of aromatic carboxylic acids is 3. The molecule has 0 aliphatic rings. The quantitative estimate of drug-likeness (QED) is 0.502. The van der Waals surface area contributed by atoms with Gasteiger partial charge in [-0.3, -0.25) is 20.2 Å². The van der Waals surface area contributed by atoms with Crippen molar-refractivity contribution in [2.75, 3.05) is 0 Å². The Hall–Kier alpha value is -4.35. The summed E-state index contributed by atoms with van der Waals surface area (Å²) in [4.78, 5) is 50.8. The van der Waals surface area contributed by atoms with E-state index in [-0.39, 0.29) is 16.8 Å². The molecule has 0 atom stereocenters. The third-order valence-electron chi connectivity index (χ3n) is 3.25. The minimum Gasteiger partial charge on any atom is -0.478 e. The van der Waals surface area contributed by atoms with Crippen LogP contribution in [0, 0.1) is 27.2 Å². The first kappa shape index (κ1) is 21.7. The van der Waals surface area contributed by atoms with Gasteiger partial charge >= 0.3 is 17.9 Å². The van der Waals surface area contributed by atoms with E-state index in [0.717, 1.165) is 12.1 Å². The second-order valence-corrected chi connectivity index (χ2v) is 5.18. The predicted molar refractivity (Wildman–Crippen MR) is 91.8 cm³/mol. The maximum atomic E-state index is 10.6. The van der Waals surface area contributed by atoms with Gasteiger partial charge in [-0.15, -0.1) is 0 Å². The smallest absolute Gasteiger partial charge is 0.342 e. The summed E-state index contributed by atoms with van der Waals surface area (Å²) in [6.07, 6.45) is 0. The van der Waals surface area contributed by atoms with Gasteiger partial charge in [-0.1, -0.05) is 6.07 Å². The Balaban J connectivity index is 0.000000283. The van der Waals surface area contributed by atoms with Crippen LogP contribution in [0.5, 0.6) is 0 Å². The normalized spacial score (nSPS) is 9.61. The van der Waals surface area contributed by atoms with Crippen molar-refractivity contribution in [2.45, 2.75) is 6.92 Å². The molecule has 146 valence electrons. The maximum Gasteiger partial charge on any atom is 0.342 e. The zero-order chi connectivity index (χ0) is 21.6. The first-order valence-electron chi connectivity index (χ1n) is 7.19. The number of hydrogen-bond donors (Lipinski definition) is 3. The average Bonchev–Trinajstić information content (AvgIpc) is 2.61. The highest BCUT2D eigenvalue weighted by Crippen LogP contribution is 2.21. The van der Waals surface area contributed by atoms with E-state index in [0.29, 0.717) is 11.6 Å². The van der Waals surface area contributed by atoms with Crippen LogP contribution in [0.25, 0.3) is 0 Å². The molecule has 0 bridgehead atoms. The molecule has 2 aromatic carbocycles. The van der Waals surface area contributed by atoms with Crippen LogP contribution in [0.4, 0.5) is 11.4 Å². The number of aryl methyl sites for hydroxylation is 1. The van der Waals surface area contributed by atoms with Gasteiger partial charge < -0.3 is 15.3 Å². The number of carboxylic acid groups (broad SMARTS) is 3. The standard InChI is InChI=1S/C8H5NO6.C8H7NO4/c10-7(11)4-1-2-5(8(12)13)6(3-4)9(14)15;1-5-2-3-6(8(10)11)7(4-5)9(12)13/h1-3H,(H,10,11)(H,12,13);2-4H,1H3,(H,10,11). The Morgan fingerprint density at radius 3 is 1.57 bits per heavy atom. The lowest BCUT2D eigenvalue weighted by atomic mass is 10.1. The molecular weight excluding hydrogens is 380 g/mol. The predicted octanol–water partition coefficient (Wildman–Crippen LogP) is 2.59. The summed E-state index contributed by atoms with van der Waals surface area (Å²) in [7, 11) is 0. The fourth-order valence-electron chi connectivity index (χ4n) is 1.97. The van der Waals surface area contributed by atoms with Crippen LogP contribution in [0.15, 0.2) is 36.4 Å². The van der Waals surface area contributed by atoms with Crippen LogP contribution < -0.4 is 0 Å². The molecule has 0 aliphatic heterocycles. The summed E-state index contributed by atoms with van der Waals surface area (Å²) < 4.78 is 0. The molecule has 0 fully saturated rings. The van der Waals surface area contributed by atoms with Crippen molar-refractivity contribution in [1.29, 1.82) is 0 Å². The van der Waals surface area contributed by atoms with Gasteiger partial charge in [0.25, 0.3) is 11.4 Å². The molecular formula is C16H12N2O10. The number of benzene rings is 2. The molecule has 2 aromatic rings. The summed E-state index contributed by atoms with van der Waals surface area (Å²) >= 11 is 0. The Morgan fingerprint density at radius 2 is 1.18 bits per heavy atom. The van der Waals surface area contributed by atoms with Crippen molar-refractivity contribution < 1.29 is 39.5 Å². The fraction of sp³-hybridized carbons (Fsp3) is 0.0625. The number of rotatable bonds is 5. The number of nitro benzene ring substituents is 2. The van der Waals surface area contributed by atoms with Crippen LogP contribution in [0.2, 0.25) is 0 Å². The number of carbonyl (C=O) groups is 3. The highest BCUT2D eigenvalue weighted by molar-refractivity contribution is 5.95. The minimum atomic E-state index is -1.47. The molecule has 0 spiro atoms. The largest absolute Gasteiger partial charge is 0.478 e. The molecule has 0 aliphatic carbocycles. The maximum absolute atomic E-state index is 10.6. The van der Waals surface area contributed by atoms with Crippen LogP contribution in [-0.4, -0.2) is 43.1 Å². The molecule has 0 unspecified atom stereocenters. The summed E-state index contributed by atoms with van der Waals surface area (Å²) in [5, 5.41) is 46.6. The molecule has 0 heterocycles. The molecule has 0 saturated carbocycles. The van der Waals surface area contributed by atoms with Gasteiger partial charge in [0.2, 0.25) is 0 Å². The van der Waals surface area contributed by atoms with Gasteiger partial charge in [0, 0.05) is 12.1 Å². The van der Waals surface area contributed by atoms with E-state index in [1.54, 1.807) is 6.92 Å². The molecule has 0 aromatic heterocycles. The lowest BCUT2D eigenvalue weighted by Gasteiger charge is -1.99. The zero-order valence-electron chi connectivity index (χ0n) is 14.1. The van der Waals surface area contributed by atoms with Crippen molar-refractivity contribution in [3.05, 3.63) is 78.9 Å². The molecule has 0 saturated heterocycles. The van der Waals surface area contributed by atoms with Gasteiger partial charge in [0.05, 0.1) is 15.4 Å². The van der Waals surface area contributed by atoms with Crippen molar-refractivity contribution in [1.82, 2.24) is 0 Å². The number of hydrogen-bond acceptors (Lipinski definition) is 7. The monoisotopic (exact) mass is 392 g/mol. The zero-order valence-corrected chi connectivity index (χ0v) is 14.1. The van der Waals surface area contributed by atoms with Gasteiger partial charge in [0.15, 0.2) is 0 Å². The van der Waals surface area contributed by atoms with Crippen molar-refractivity contribution in [2.24, 2.45) is 0 Å². The van der Waals surface area contributed by atoms with Crippen molar-refractivity contribution in [3.8, 4) is 0 Å². The van der Waals surface area contributed by atoms with Crippen LogP contribution >= 0.6 is 0 Å². The molecule has 12 nitrogen and oxygen atoms in total. The first-order valence-corrected chi connectivity index (χ1v) is 7.19. The Kier molecular flexibility index (Phi) is 6.85. The highest BCUT2D eigenvalue weighted by atomic mass is 16.6. The average molecular weight is 392 g/mol. The van der Waals surface area contributed by atoms with E-state index in [1.807, 2.05) is 0 Å². The SMILES string of the molecule is Cc1ccc(C(=O)O)c([N+](=O)[O-])c1.O=C(O)c1ccc(C(=O)O)c([N+](=O)[O-])c1. The highest BCUT2D eigenvalue weighted by Gasteiger charge is 2.21. The Morgan fingerprint density at radius 1 is 0.750 bits per heavy atom. The molecule has 2 rings (SSSR count). The van der Waals surface area contributed by atoms with Crippen LogP contribution in [0.3, 0.4) is 0 Å². The van der Waals surface area contributed by atoms with Gasteiger partial charge in [0.1, 0.15) is 11.1 Å². The van der Waals surface area contributed by atoms with Gasteiger partial charge in [-0.25, -0.2) is 14.4 Å². The van der Waals surface area contributed by atoms with Gasteiger partial charge in [-0.2, -0.15) is 0 Å². The van der Waals surface area contributed by atoms with E-state index in [2.05, 4.69) is 0 Å². The minimum absolute atomic E-state index is 0.282. The second kappa shape index (κ2) is 8.84. The summed E-state index contributed by atoms with van der Waals surface area (Å²) in [5.74, 6) is -4.11. The summed E-state index contributed by atoms with van der Waals surface area (Å²) in [5.41, 5.74) is -1.58. The third-order valence-corrected chi connectivity index (χ3v) is 3.25. The van der Waals surface area contributed by atoms with E-state index in [9.17, 15) is 34.6 Å². The molecule has 12 heteroatoms. The number of carboxylic acids is 3. The number of nitrogens with zero attached hydrogens (tertiary/aromatic N) is 2. The van der Waals surface area contributed by atoms with Crippen molar-refractivity contribution in [3.63, 3.8) is 0 Å². The summed E-state index contributed by atoms with van der Waals surface area (Å²) in [6, 6.07) is 6.60. The lowest BCUT2D eigenvalue weighted by molar-refractivity contribution is -0.385. The van der Waals surface area contributed by atoms with Crippen molar-refractivity contribution >= 4 is 29.3 Å². The van der Waals surface area contributed by atoms with E-state index in [1.165, 1.54) is 18.2 Å². The molecule has 3 N–H and O–H groups in total. The van der Waals surface area contributed by atoms with E-state index < -0.39 is 39.0 Å². The molecule has 0 amide bonds. The van der Waals surface area contributed by atoms with E-state index >= 15 is 0 Å². The first-order chi connectivity index (χ1) is 13.0. The van der Waals surface area contributed by atoms with Gasteiger partial charge in [-0.05, 0) is 30.7 Å². The summed E-state index contributed by atoms with van der Waals surface area (Å²) in [6.45, 7) is 1.67. The fourth-order valence-corrected chi connectivity index (χ4v) is 1.97. The Labute approximate surface area is 155 Å². The number of nitro groups is 2. The topological polar surface area (TPSA) is 198 Å². The molecule has 0 radical (unpaired) electrons. The van der Waals surface area contributed by atoms with Crippen LogP contribution in [-0.2, 0) is 0 Å². The second-order valence-electron chi connectivity index (χ2n) is 5.18. The molecule has 28 heavy (non-hydrogen) atoms. The van der Waals surface area contributed by atoms with Crippen LogP contribution in [0.1, 0.15) is 36.6 Å². The third kappa shape index (κ3) is 5.32. The Bertz CT molecular complexity index is 983.